The van der Waals surface area contributed by atoms with Crippen LogP contribution in [0.15, 0.2) is 18.2 Å². The molecule has 2 N–H and O–H groups in total. The quantitative estimate of drug-likeness (QED) is 0.888. The summed E-state index contributed by atoms with van der Waals surface area (Å²) < 4.78 is 0. The van der Waals surface area contributed by atoms with Gasteiger partial charge in [-0.3, -0.25) is 0 Å². The minimum Gasteiger partial charge on any atom is -0.340 e. The standard InChI is InChI=1S/C18H21ClN4O/c19-11-5-6-13-15(8-11)21-17(20-13)16-2-1-7-23(16)18(24)22-14-9-12(14)10-3-4-10/h5-6,8,10,12,14,16H,1-4,7,9H2,(H,20,21)(H,22,24)/t12-,14+,16?/m0/s1. The van der Waals surface area contributed by atoms with Crippen LogP contribution < -0.4 is 5.32 Å². The molecule has 5 nitrogen and oxygen atoms in total. The van der Waals surface area contributed by atoms with Gasteiger partial charge in [0.1, 0.15) is 5.82 Å². The average molecular weight is 345 g/mol. The first kappa shape index (κ1) is 14.6. The molecule has 6 heteroatoms. The molecule has 1 aromatic heterocycles. The number of urea groups is 1. The molecule has 0 bridgehead atoms. The van der Waals surface area contributed by atoms with Gasteiger partial charge in [0.05, 0.1) is 17.1 Å². The lowest BCUT2D eigenvalue weighted by Gasteiger charge is -2.23. The van der Waals surface area contributed by atoms with E-state index in [-0.39, 0.29) is 12.1 Å². The Hall–Kier alpha value is -1.75. The van der Waals surface area contributed by atoms with Gasteiger partial charge in [0.2, 0.25) is 0 Å². The SMILES string of the molecule is O=C(N[C@@H]1C[C@H]1C1CC1)N1CCCC1c1nc2ccc(Cl)cc2[nH]1. The third-order valence-corrected chi connectivity index (χ3v) is 5.90. The number of amides is 2. The van der Waals surface area contributed by atoms with Crippen LogP contribution in [0.1, 0.15) is 44.0 Å². The largest absolute Gasteiger partial charge is 0.340 e. The zero-order valence-corrected chi connectivity index (χ0v) is 14.2. The van der Waals surface area contributed by atoms with E-state index in [2.05, 4.69) is 15.3 Å². The predicted octanol–water partition coefficient (Wildman–Crippen LogP) is 3.86. The molecule has 1 unspecified atom stereocenters. The average Bonchev–Trinajstić information content (AvgIpc) is 3.43. The van der Waals surface area contributed by atoms with Crippen molar-refractivity contribution in [2.75, 3.05) is 6.54 Å². The Balaban J connectivity index is 1.33. The highest BCUT2D eigenvalue weighted by Gasteiger charge is 2.49. The summed E-state index contributed by atoms with van der Waals surface area (Å²) >= 11 is 6.05. The number of nitrogens with zero attached hydrogens (tertiary/aromatic N) is 2. The van der Waals surface area contributed by atoms with Gasteiger partial charge in [-0.15, -0.1) is 0 Å². The van der Waals surface area contributed by atoms with Crippen molar-refractivity contribution < 1.29 is 4.79 Å². The van der Waals surface area contributed by atoms with Crippen molar-refractivity contribution in [2.45, 2.75) is 44.2 Å². The normalized spacial score (nSPS) is 29.2. The number of carbonyl (C=O) groups excluding carboxylic acids is 1. The molecule has 3 aliphatic rings. The van der Waals surface area contributed by atoms with Gasteiger partial charge in [-0.2, -0.15) is 0 Å². The third kappa shape index (κ3) is 2.55. The molecule has 2 aliphatic carbocycles. The van der Waals surface area contributed by atoms with Gasteiger partial charge in [0.15, 0.2) is 0 Å². The summed E-state index contributed by atoms with van der Waals surface area (Å²) in [5, 5.41) is 3.93. The van der Waals surface area contributed by atoms with Crippen LogP contribution in [0.3, 0.4) is 0 Å². The predicted molar refractivity (Wildman–Crippen MR) is 92.9 cm³/mol. The van der Waals surface area contributed by atoms with Crippen LogP contribution in [0.4, 0.5) is 4.79 Å². The van der Waals surface area contributed by atoms with Crippen LogP contribution in [0, 0.1) is 11.8 Å². The number of aromatic nitrogens is 2. The van der Waals surface area contributed by atoms with Crippen molar-refractivity contribution in [2.24, 2.45) is 11.8 Å². The van der Waals surface area contributed by atoms with Gasteiger partial charge in [0, 0.05) is 17.6 Å². The van der Waals surface area contributed by atoms with Crippen LogP contribution in [0.25, 0.3) is 11.0 Å². The highest BCUT2D eigenvalue weighted by Crippen LogP contribution is 2.50. The van der Waals surface area contributed by atoms with E-state index >= 15 is 0 Å². The Labute approximate surface area is 145 Å². The number of imidazole rings is 1. The van der Waals surface area contributed by atoms with Crippen molar-refractivity contribution in [1.82, 2.24) is 20.2 Å². The lowest BCUT2D eigenvalue weighted by Crippen LogP contribution is -2.41. The minimum atomic E-state index is 0.0364. The fraction of sp³-hybridized carbons (Fsp3) is 0.556. The van der Waals surface area contributed by atoms with Gasteiger partial charge in [-0.05, 0) is 62.1 Å². The Morgan fingerprint density at radius 1 is 1.33 bits per heavy atom. The maximum absolute atomic E-state index is 12.7. The highest BCUT2D eigenvalue weighted by atomic mass is 35.5. The van der Waals surface area contributed by atoms with E-state index < -0.39 is 0 Å². The van der Waals surface area contributed by atoms with Crippen LogP contribution in [0.5, 0.6) is 0 Å². The minimum absolute atomic E-state index is 0.0364. The molecule has 2 saturated carbocycles. The molecule has 24 heavy (non-hydrogen) atoms. The first-order valence-corrected chi connectivity index (χ1v) is 9.29. The number of aromatic amines is 1. The van der Waals surface area contributed by atoms with E-state index in [0.29, 0.717) is 11.1 Å². The Morgan fingerprint density at radius 2 is 2.21 bits per heavy atom. The molecule has 2 heterocycles. The number of benzene rings is 1. The van der Waals surface area contributed by atoms with E-state index in [1.807, 2.05) is 23.1 Å². The van der Waals surface area contributed by atoms with Crippen LogP contribution in [-0.4, -0.2) is 33.5 Å². The second-order valence-corrected chi connectivity index (χ2v) is 7.86. The molecule has 126 valence electrons. The number of fused-ring (bicyclic) bond motifs is 1. The monoisotopic (exact) mass is 344 g/mol. The number of rotatable bonds is 3. The summed E-state index contributed by atoms with van der Waals surface area (Å²) in [6.07, 6.45) is 5.85. The molecule has 0 radical (unpaired) electrons. The smallest absolute Gasteiger partial charge is 0.318 e. The van der Waals surface area contributed by atoms with E-state index in [4.69, 9.17) is 11.6 Å². The summed E-state index contributed by atoms with van der Waals surface area (Å²) in [6.45, 7) is 0.801. The highest BCUT2D eigenvalue weighted by molar-refractivity contribution is 6.31. The van der Waals surface area contributed by atoms with Crippen LogP contribution in [-0.2, 0) is 0 Å². The molecule has 2 amide bonds. The zero-order valence-electron chi connectivity index (χ0n) is 13.5. The molecular formula is C18H21ClN4O. The zero-order chi connectivity index (χ0) is 16.3. The number of hydrogen-bond donors (Lipinski definition) is 2. The van der Waals surface area contributed by atoms with Crippen molar-refractivity contribution in [3.05, 3.63) is 29.0 Å². The number of hydrogen-bond acceptors (Lipinski definition) is 2. The number of carbonyl (C=O) groups is 1. The molecule has 1 aromatic carbocycles. The van der Waals surface area contributed by atoms with Crippen molar-refractivity contribution in [1.29, 1.82) is 0 Å². The maximum Gasteiger partial charge on any atom is 0.318 e. The topological polar surface area (TPSA) is 61.0 Å². The summed E-state index contributed by atoms with van der Waals surface area (Å²) in [5.74, 6) is 2.49. The Kier molecular flexibility index (Phi) is 3.27. The van der Waals surface area contributed by atoms with Crippen molar-refractivity contribution in [3.63, 3.8) is 0 Å². The molecular weight excluding hydrogens is 324 g/mol. The summed E-state index contributed by atoms with van der Waals surface area (Å²) in [7, 11) is 0. The second-order valence-electron chi connectivity index (χ2n) is 7.43. The fourth-order valence-corrected chi connectivity index (χ4v) is 4.29. The second kappa shape index (κ2) is 5.38. The van der Waals surface area contributed by atoms with Crippen LogP contribution in [0.2, 0.25) is 5.02 Å². The van der Waals surface area contributed by atoms with Crippen LogP contribution >= 0.6 is 11.6 Å². The fourth-order valence-electron chi connectivity index (χ4n) is 4.12. The molecule has 1 aliphatic heterocycles. The molecule has 1 saturated heterocycles. The van der Waals surface area contributed by atoms with Gasteiger partial charge in [0.25, 0.3) is 0 Å². The van der Waals surface area contributed by atoms with Gasteiger partial charge < -0.3 is 15.2 Å². The molecule has 0 spiro atoms. The first-order chi connectivity index (χ1) is 11.7. The van der Waals surface area contributed by atoms with E-state index in [1.165, 1.54) is 12.8 Å². The van der Waals surface area contributed by atoms with Gasteiger partial charge in [-0.25, -0.2) is 9.78 Å². The number of likely N-dealkylation sites (tertiary alicyclic amines) is 1. The Morgan fingerprint density at radius 3 is 3.04 bits per heavy atom. The van der Waals surface area contributed by atoms with Crippen molar-refractivity contribution in [3.8, 4) is 0 Å². The summed E-state index contributed by atoms with van der Waals surface area (Å²) in [6, 6.07) is 6.16. The van der Waals surface area contributed by atoms with E-state index in [9.17, 15) is 4.79 Å². The molecule has 5 rings (SSSR count). The molecule has 3 fully saturated rings. The van der Waals surface area contributed by atoms with E-state index in [0.717, 1.165) is 54.5 Å². The molecule has 2 aromatic rings. The Bertz CT molecular complexity index is 799. The lowest BCUT2D eigenvalue weighted by molar-refractivity contribution is 0.190. The maximum atomic E-state index is 12.7. The number of halogens is 1. The summed E-state index contributed by atoms with van der Waals surface area (Å²) in [5.41, 5.74) is 1.83. The third-order valence-electron chi connectivity index (χ3n) is 5.67. The lowest BCUT2D eigenvalue weighted by atomic mass is 10.2. The molecule has 3 atom stereocenters. The van der Waals surface area contributed by atoms with Gasteiger partial charge in [-0.1, -0.05) is 11.6 Å². The first-order valence-electron chi connectivity index (χ1n) is 8.91. The van der Waals surface area contributed by atoms with Crippen molar-refractivity contribution >= 4 is 28.7 Å². The van der Waals surface area contributed by atoms with E-state index in [1.54, 1.807) is 0 Å². The summed E-state index contributed by atoms with van der Waals surface area (Å²) in [4.78, 5) is 22.7. The number of H-pyrrole nitrogens is 1. The number of nitrogens with one attached hydrogen (secondary N) is 2. The van der Waals surface area contributed by atoms with Gasteiger partial charge >= 0.3 is 6.03 Å².